The average Bonchev–Trinajstić information content (AvgIpc) is 2.10. The van der Waals surface area contributed by atoms with Gasteiger partial charge in [0.15, 0.2) is 17.2 Å². The van der Waals surface area contributed by atoms with Gasteiger partial charge >= 0.3 is 0 Å². The number of benzene rings is 1. The molecule has 13 heavy (non-hydrogen) atoms. The van der Waals surface area contributed by atoms with Crippen LogP contribution in [-0.4, -0.2) is 15.3 Å². The van der Waals surface area contributed by atoms with E-state index < -0.39 is 5.75 Å². The van der Waals surface area contributed by atoms with Crippen molar-refractivity contribution in [3.8, 4) is 17.2 Å². The minimum absolute atomic E-state index is 0.292. The molecule has 1 aromatic rings. The third-order valence-electron chi connectivity index (χ3n) is 1.72. The highest BCUT2D eigenvalue weighted by Crippen LogP contribution is 2.35. The van der Waals surface area contributed by atoms with Crippen LogP contribution in [0, 0.1) is 0 Å². The maximum absolute atomic E-state index is 9.15. The molecule has 0 spiro atoms. The van der Waals surface area contributed by atoms with Gasteiger partial charge in [-0.25, -0.2) is 0 Å². The third-order valence-corrected chi connectivity index (χ3v) is 1.72. The summed E-state index contributed by atoms with van der Waals surface area (Å²) in [5.41, 5.74) is 0.755. The van der Waals surface area contributed by atoms with Gasteiger partial charge in [0, 0.05) is 0 Å². The highest BCUT2D eigenvalue weighted by molar-refractivity contribution is 5.51. The van der Waals surface area contributed by atoms with Crippen molar-refractivity contribution in [3.05, 3.63) is 29.8 Å². The number of phenolic OH excluding ortho intramolecular Hbond substituents is 3. The maximum Gasteiger partial charge on any atom is 0.200 e. The first-order chi connectivity index (χ1) is 6.15. The van der Waals surface area contributed by atoms with Crippen LogP contribution in [0.5, 0.6) is 17.2 Å². The topological polar surface area (TPSA) is 60.7 Å². The molecule has 1 rings (SSSR count). The predicted octanol–water partition coefficient (Wildman–Crippen LogP) is 1.92. The van der Waals surface area contributed by atoms with Crippen molar-refractivity contribution < 1.29 is 15.3 Å². The zero-order valence-corrected chi connectivity index (χ0v) is 7.36. The molecule has 0 aliphatic heterocycles. The van der Waals surface area contributed by atoms with E-state index in [1.807, 2.05) is 19.1 Å². The van der Waals surface area contributed by atoms with E-state index in [-0.39, 0.29) is 11.5 Å². The van der Waals surface area contributed by atoms with Gasteiger partial charge in [0.1, 0.15) is 0 Å². The first-order valence-corrected chi connectivity index (χ1v) is 4.00. The second-order valence-corrected chi connectivity index (χ2v) is 2.76. The van der Waals surface area contributed by atoms with Crippen molar-refractivity contribution in [1.82, 2.24) is 0 Å². The van der Waals surface area contributed by atoms with E-state index in [1.54, 1.807) is 0 Å². The minimum Gasteiger partial charge on any atom is -0.504 e. The molecule has 0 saturated heterocycles. The van der Waals surface area contributed by atoms with Gasteiger partial charge in [-0.2, -0.15) is 0 Å². The quantitative estimate of drug-likeness (QED) is 0.481. The van der Waals surface area contributed by atoms with Gasteiger partial charge in [-0.3, -0.25) is 0 Å². The summed E-state index contributed by atoms with van der Waals surface area (Å²) >= 11 is 0. The Kier molecular flexibility index (Phi) is 2.80. The number of aromatic hydroxyl groups is 3. The van der Waals surface area contributed by atoms with Gasteiger partial charge in [0.2, 0.25) is 0 Å². The van der Waals surface area contributed by atoms with Crippen LogP contribution in [0.25, 0.3) is 0 Å². The van der Waals surface area contributed by atoms with Gasteiger partial charge < -0.3 is 15.3 Å². The normalized spacial score (nSPS) is 10.8. The predicted molar refractivity (Wildman–Crippen MR) is 50.0 cm³/mol. The summed E-state index contributed by atoms with van der Waals surface area (Å²) in [4.78, 5) is 0. The van der Waals surface area contributed by atoms with Gasteiger partial charge in [0.05, 0.1) is 0 Å². The highest BCUT2D eigenvalue weighted by Gasteiger charge is 2.06. The largest absolute Gasteiger partial charge is 0.504 e. The molecule has 0 heterocycles. The highest BCUT2D eigenvalue weighted by atomic mass is 16.3. The summed E-state index contributed by atoms with van der Waals surface area (Å²) in [6.45, 7) is 1.89. The van der Waals surface area contributed by atoms with Gasteiger partial charge in [-0.1, -0.05) is 12.2 Å². The van der Waals surface area contributed by atoms with Crippen LogP contribution in [0.15, 0.2) is 24.3 Å². The summed E-state index contributed by atoms with van der Waals surface area (Å²) < 4.78 is 0. The Balaban J connectivity index is 2.99. The molecule has 1 aromatic carbocycles. The Morgan fingerprint density at radius 3 is 2.15 bits per heavy atom. The van der Waals surface area contributed by atoms with Gasteiger partial charge in [-0.15, -0.1) is 0 Å². The Bertz CT molecular complexity index is 306. The lowest BCUT2D eigenvalue weighted by Crippen LogP contribution is -1.81. The van der Waals surface area contributed by atoms with Crippen molar-refractivity contribution in [2.75, 3.05) is 0 Å². The monoisotopic (exact) mass is 180 g/mol. The number of hydrogen-bond acceptors (Lipinski definition) is 3. The van der Waals surface area contributed by atoms with Crippen molar-refractivity contribution >= 4 is 0 Å². The molecule has 3 N–H and O–H groups in total. The lowest BCUT2D eigenvalue weighted by molar-refractivity contribution is 0.367. The average molecular weight is 180 g/mol. The number of rotatable bonds is 2. The molecule has 3 nitrogen and oxygen atoms in total. The molecule has 0 saturated carbocycles. The number of allylic oxidation sites excluding steroid dienone is 2. The second kappa shape index (κ2) is 3.85. The maximum atomic E-state index is 9.15. The molecular weight excluding hydrogens is 168 g/mol. The van der Waals surface area contributed by atoms with Crippen LogP contribution in [0.1, 0.15) is 12.5 Å². The molecule has 0 aromatic heterocycles. The lowest BCUT2D eigenvalue weighted by Gasteiger charge is -2.03. The van der Waals surface area contributed by atoms with Gasteiger partial charge in [0.25, 0.3) is 0 Å². The van der Waals surface area contributed by atoms with Crippen LogP contribution in [0.4, 0.5) is 0 Å². The summed E-state index contributed by atoms with van der Waals surface area (Å²) in [5, 5.41) is 27.3. The van der Waals surface area contributed by atoms with Crippen LogP contribution >= 0.6 is 0 Å². The smallest absolute Gasteiger partial charge is 0.200 e. The summed E-state index contributed by atoms with van der Waals surface area (Å²) in [6.07, 6.45) is 4.39. The molecule has 0 aliphatic carbocycles. The molecule has 70 valence electrons. The molecule has 0 fully saturated rings. The summed E-state index contributed by atoms with van der Waals surface area (Å²) in [6, 6.07) is 2.85. The van der Waals surface area contributed by atoms with Crippen molar-refractivity contribution in [2.45, 2.75) is 13.3 Å². The molecule has 0 atom stereocenters. The molecule has 0 aliphatic rings. The number of hydrogen-bond donors (Lipinski definition) is 3. The van der Waals surface area contributed by atoms with Crippen LogP contribution in [-0.2, 0) is 6.42 Å². The van der Waals surface area contributed by atoms with E-state index in [1.165, 1.54) is 12.1 Å². The van der Waals surface area contributed by atoms with E-state index in [0.29, 0.717) is 6.42 Å². The number of phenols is 3. The van der Waals surface area contributed by atoms with Crippen molar-refractivity contribution in [1.29, 1.82) is 0 Å². The molecule has 3 heteroatoms. The summed E-state index contributed by atoms with van der Waals surface area (Å²) in [7, 11) is 0. The standard InChI is InChI=1S/C10H12O3/c1-2-3-4-7-5-8(11)10(13)9(12)6-7/h2-3,5-6,11-13H,4H2,1H3/b3-2+. The van der Waals surface area contributed by atoms with E-state index in [9.17, 15) is 0 Å². The molecule has 0 radical (unpaired) electrons. The Morgan fingerprint density at radius 2 is 1.69 bits per heavy atom. The zero-order valence-electron chi connectivity index (χ0n) is 7.36. The van der Waals surface area contributed by atoms with Gasteiger partial charge in [-0.05, 0) is 31.0 Å². The lowest BCUT2D eigenvalue weighted by atomic mass is 10.1. The fourth-order valence-electron chi connectivity index (χ4n) is 1.03. The SMILES string of the molecule is C/C=C/Cc1cc(O)c(O)c(O)c1. The molecule has 0 unspecified atom stereocenters. The molecule has 0 amide bonds. The first kappa shape index (κ1) is 9.45. The fraction of sp³-hybridized carbons (Fsp3) is 0.200. The van der Waals surface area contributed by atoms with E-state index in [4.69, 9.17) is 15.3 Å². The van der Waals surface area contributed by atoms with Crippen LogP contribution in [0.3, 0.4) is 0 Å². The summed E-state index contributed by atoms with van der Waals surface area (Å²) in [5.74, 6) is -1.05. The Morgan fingerprint density at radius 1 is 1.15 bits per heavy atom. The van der Waals surface area contributed by atoms with E-state index in [2.05, 4.69) is 0 Å². The Hall–Kier alpha value is -1.64. The Labute approximate surface area is 76.6 Å². The zero-order chi connectivity index (χ0) is 9.84. The fourth-order valence-corrected chi connectivity index (χ4v) is 1.03. The van der Waals surface area contributed by atoms with Crippen LogP contribution in [0.2, 0.25) is 0 Å². The minimum atomic E-state index is -0.468. The third kappa shape index (κ3) is 2.15. The first-order valence-electron chi connectivity index (χ1n) is 4.00. The van der Waals surface area contributed by atoms with E-state index >= 15 is 0 Å². The van der Waals surface area contributed by atoms with Crippen LogP contribution < -0.4 is 0 Å². The van der Waals surface area contributed by atoms with Crippen molar-refractivity contribution in [3.63, 3.8) is 0 Å². The second-order valence-electron chi connectivity index (χ2n) is 2.76. The van der Waals surface area contributed by atoms with Crippen molar-refractivity contribution in [2.24, 2.45) is 0 Å². The molecule has 0 bridgehead atoms. The molecular formula is C10H12O3. The van der Waals surface area contributed by atoms with E-state index in [0.717, 1.165) is 5.56 Å².